The molecule has 1 N–H and O–H groups in total. The van der Waals surface area contributed by atoms with Crippen molar-refractivity contribution in [3.8, 4) is 0 Å². The van der Waals surface area contributed by atoms with Crippen LogP contribution >= 0.6 is 11.6 Å². The van der Waals surface area contributed by atoms with E-state index in [1.807, 2.05) is 30.3 Å². The molecule has 5 heteroatoms. The summed E-state index contributed by atoms with van der Waals surface area (Å²) >= 11 is 5.69. The van der Waals surface area contributed by atoms with Gasteiger partial charge in [-0.15, -0.1) is 0 Å². The van der Waals surface area contributed by atoms with Gasteiger partial charge >= 0.3 is 0 Å². The molecule has 82 valence electrons. The first-order valence-corrected chi connectivity index (χ1v) is 5.11. The second-order valence-electron chi connectivity index (χ2n) is 3.10. The molecule has 0 saturated carbocycles. The molecule has 0 unspecified atom stereocenters. The SMILES string of the molecule is Clc1cc(NOCc2ccccc2)ncn1. The van der Waals surface area contributed by atoms with Crippen LogP contribution in [0.2, 0.25) is 5.15 Å². The van der Waals surface area contributed by atoms with E-state index in [1.165, 1.54) is 6.33 Å². The topological polar surface area (TPSA) is 47.0 Å². The molecule has 0 aliphatic carbocycles. The molecule has 2 aromatic rings. The molecule has 1 heterocycles. The first-order valence-electron chi connectivity index (χ1n) is 4.74. The van der Waals surface area contributed by atoms with Crippen molar-refractivity contribution in [2.75, 3.05) is 5.48 Å². The molecule has 0 bridgehead atoms. The standard InChI is InChI=1S/C11H10ClN3O/c12-10-6-11(14-8-13-10)15-16-7-9-4-2-1-3-5-9/h1-6,8H,7H2,(H,13,14,15). The molecule has 1 aromatic heterocycles. The van der Waals surface area contributed by atoms with Gasteiger partial charge in [-0.25, -0.2) is 15.4 Å². The number of nitrogens with zero attached hydrogens (tertiary/aromatic N) is 2. The van der Waals surface area contributed by atoms with Gasteiger partial charge in [0.1, 0.15) is 11.5 Å². The highest BCUT2D eigenvalue weighted by Gasteiger charge is 1.96. The molecule has 0 saturated heterocycles. The lowest BCUT2D eigenvalue weighted by Gasteiger charge is -2.05. The molecule has 0 fully saturated rings. The average molecular weight is 236 g/mol. The first kappa shape index (κ1) is 10.9. The smallest absolute Gasteiger partial charge is 0.154 e. The molecule has 16 heavy (non-hydrogen) atoms. The molecule has 0 amide bonds. The van der Waals surface area contributed by atoms with Crippen LogP contribution in [-0.2, 0) is 11.4 Å². The third kappa shape index (κ3) is 3.18. The number of rotatable bonds is 4. The minimum absolute atomic E-state index is 0.376. The van der Waals surface area contributed by atoms with Gasteiger partial charge in [0.05, 0.1) is 6.61 Å². The van der Waals surface area contributed by atoms with Gasteiger partial charge in [-0.1, -0.05) is 41.9 Å². The van der Waals surface area contributed by atoms with E-state index in [0.29, 0.717) is 17.6 Å². The lowest BCUT2D eigenvalue weighted by atomic mass is 10.2. The number of aromatic nitrogens is 2. The van der Waals surface area contributed by atoms with Crippen molar-refractivity contribution in [2.24, 2.45) is 0 Å². The summed E-state index contributed by atoms with van der Waals surface area (Å²) < 4.78 is 0. The zero-order valence-electron chi connectivity index (χ0n) is 8.43. The summed E-state index contributed by atoms with van der Waals surface area (Å²) in [6.07, 6.45) is 1.37. The maximum Gasteiger partial charge on any atom is 0.154 e. The molecule has 0 aliphatic rings. The summed E-state index contributed by atoms with van der Waals surface area (Å²) in [6, 6.07) is 11.4. The second-order valence-corrected chi connectivity index (χ2v) is 3.49. The summed E-state index contributed by atoms with van der Waals surface area (Å²) in [6.45, 7) is 0.461. The van der Waals surface area contributed by atoms with Crippen molar-refractivity contribution in [2.45, 2.75) is 6.61 Å². The van der Waals surface area contributed by atoms with Gasteiger partial charge in [0.25, 0.3) is 0 Å². The van der Waals surface area contributed by atoms with Crippen LogP contribution < -0.4 is 5.48 Å². The summed E-state index contributed by atoms with van der Waals surface area (Å²) in [5.41, 5.74) is 3.78. The lowest BCUT2D eigenvalue weighted by molar-refractivity contribution is 0.179. The van der Waals surface area contributed by atoms with Crippen LogP contribution in [0.4, 0.5) is 5.82 Å². The van der Waals surface area contributed by atoms with Gasteiger partial charge in [0.2, 0.25) is 0 Å². The van der Waals surface area contributed by atoms with Crippen molar-refractivity contribution in [3.63, 3.8) is 0 Å². The quantitative estimate of drug-likeness (QED) is 0.654. The van der Waals surface area contributed by atoms with E-state index in [1.54, 1.807) is 6.07 Å². The van der Waals surface area contributed by atoms with E-state index >= 15 is 0 Å². The second kappa shape index (κ2) is 5.44. The summed E-state index contributed by atoms with van der Waals surface area (Å²) in [5, 5.41) is 0.376. The van der Waals surface area contributed by atoms with Crippen LogP contribution in [0.15, 0.2) is 42.7 Å². The van der Waals surface area contributed by atoms with Crippen LogP contribution in [0.1, 0.15) is 5.56 Å². The van der Waals surface area contributed by atoms with Crippen LogP contribution in [0.3, 0.4) is 0 Å². The van der Waals surface area contributed by atoms with E-state index in [0.717, 1.165) is 5.56 Å². The fourth-order valence-electron chi connectivity index (χ4n) is 1.16. The van der Waals surface area contributed by atoms with Gasteiger partial charge in [0.15, 0.2) is 5.82 Å². The minimum Gasteiger partial charge on any atom is -0.270 e. The van der Waals surface area contributed by atoms with Gasteiger partial charge in [-0.05, 0) is 5.56 Å². The van der Waals surface area contributed by atoms with Crippen molar-refractivity contribution < 1.29 is 4.84 Å². The number of anilines is 1. The minimum atomic E-state index is 0.376. The Hall–Kier alpha value is -1.65. The molecule has 0 aliphatic heterocycles. The van der Waals surface area contributed by atoms with Gasteiger partial charge in [-0.2, -0.15) is 0 Å². The van der Waals surface area contributed by atoms with E-state index in [-0.39, 0.29) is 0 Å². The van der Waals surface area contributed by atoms with Crippen LogP contribution in [0.25, 0.3) is 0 Å². The molecular formula is C11H10ClN3O. The van der Waals surface area contributed by atoms with Gasteiger partial charge in [-0.3, -0.25) is 4.84 Å². The van der Waals surface area contributed by atoms with Crippen molar-refractivity contribution in [1.29, 1.82) is 0 Å². The Morgan fingerprint density at radius 2 is 2.00 bits per heavy atom. The van der Waals surface area contributed by atoms with E-state index in [9.17, 15) is 0 Å². The maximum absolute atomic E-state index is 5.69. The normalized spacial score (nSPS) is 10.1. The van der Waals surface area contributed by atoms with Crippen LogP contribution in [0, 0.1) is 0 Å². The third-order valence-electron chi connectivity index (χ3n) is 1.89. The third-order valence-corrected chi connectivity index (χ3v) is 2.10. The van der Waals surface area contributed by atoms with Crippen molar-refractivity contribution >= 4 is 17.4 Å². The molecule has 4 nitrogen and oxygen atoms in total. The Bertz CT molecular complexity index is 450. The number of hydrogen-bond acceptors (Lipinski definition) is 4. The molecule has 0 atom stereocenters. The predicted molar refractivity (Wildman–Crippen MR) is 61.9 cm³/mol. The highest BCUT2D eigenvalue weighted by molar-refractivity contribution is 6.29. The largest absolute Gasteiger partial charge is 0.270 e. The lowest BCUT2D eigenvalue weighted by Crippen LogP contribution is -2.03. The Morgan fingerprint density at radius 3 is 2.75 bits per heavy atom. The molecule has 0 spiro atoms. The Labute approximate surface area is 98.2 Å². The Kier molecular flexibility index (Phi) is 3.69. The number of benzene rings is 1. The number of halogens is 1. The average Bonchev–Trinajstić information content (AvgIpc) is 2.30. The molecule has 2 rings (SSSR count). The fraction of sp³-hybridized carbons (Fsp3) is 0.0909. The van der Waals surface area contributed by atoms with E-state index < -0.39 is 0 Å². The first-order chi connectivity index (χ1) is 7.84. The monoisotopic (exact) mass is 235 g/mol. The molecule has 1 aromatic carbocycles. The van der Waals surface area contributed by atoms with E-state index in [4.69, 9.17) is 16.4 Å². The van der Waals surface area contributed by atoms with Gasteiger partial charge < -0.3 is 0 Å². The highest BCUT2D eigenvalue weighted by Crippen LogP contribution is 2.09. The Balaban J connectivity index is 1.85. The Morgan fingerprint density at radius 1 is 1.19 bits per heavy atom. The summed E-state index contributed by atoms with van der Waals surface area (Å²) in [7, 11) is 0. The van der Waals surface area contributed by atoms with Gasteiger partial charge in [0, 0.05) is 6.07 Å². The fourth-order valence-corrected chi connectivity index (χ4v) is 1.30. The number of hydrogen-bond donors (Lipinski definition) is 1. The van der Waals surface area contributed by atoms with Crippen molar-refractivity contribution in [1.82, 2.24) is 9.97 Å². The predicted octanol–water partition coefficient (Wildman–Crippen LogP) is 2.67. The summed E-state index contributed by atoms with van der Waals surface area (Å²) in [4.78, 5) is 13.0. The zero-order chi connectivity index (χ0) is 11.2. The molecule has 0 radical (unpaired) electrons. The molecular weight excluding hydrogens is 226 g/mol. The number of nitrogens with one attached hydrogen (secondary N) is 1. The highest BCUT2D eigenvalue weighted by atomic mass is 35.5. The van der Waals surface area contributed by atoms with Crippen LogP contribution in [0.5, 0.6) is 0 Å². The van der Waals surface area contributed by atoms with E-state index in [2.05, 4.69) is 15.4 Å². The zero-order valence-corrected chi connectivity index (χ0v) is 9.19. The maximum atomic E-state index is 5.69. The van der Waals surface area contributed by atoms with Crippen molar-refractivity contribution in [3.05, 3.63) is 53.4 Å². The summed E-state index contributed by atoms with van der Waals surface area (Å²) in [5.74, 6) is 0.538. The van der Waals surface area contributed by atoms with Crippen LogP contribution in [-0.4, -0.2) is 9.97 Å².